The SMILES string of the molecule is CCOC(=O)N1CCC(NC(=NCC(=O)N(C)C)NCC2CCCCC2)CC1.I. The molecule has 1 heterocycles. The summed E-state index contributed by atoms with van der Waals surface area (Å²) < 4.78 is 5.08. The van der Waals surface area contributed by atoms with Gasteiger partial charge in [0, 0.05) is 39.8 Å². The highest BCUT2D eigenvalue weighted by atomic mass is 127. The van der Waals surface area contributed by atoms with Crippen LogP contribution < -0.4 is 10.6 Å². The molecule has 8 nitrogen and oxygen atoms in total. The minimum atomic E-state index is -0.234. The molecule has 2 fully saturated rings. The van der Waals surface area contributed by atoms with Gasteiger partial charge in [0.05, 0.1) is 6.61 Å². The number of nitrogens with one attached hydrogen (secondary N) is 2. The number of likely N-dealkylation sites (tertiary alicyclic amines) is 1. The Morgan fingerprint density at radius 1 is 1.10 bits per heavy atom. The molecule has 168 valence electrons. The number of carbonyl (C=O) groups excluding carboxylic acids is 2. The van der Waals surface area contributed by atoms with E-state index in [2.05, 4.69) is 15.6 Å². The molecule has 0 unspecified atom stereocenters. The third-order valence-corrected chi connectivity index (χ3v) is 5.52. The third kappa shape index (κ3) is 9.39. The average Bonchev–Trinajstić information content (AvgIpc) is 2.71. The van der Waals surface area contributed by atoms with Crippen LogP contribution in [0.4, 0.5) is 4.79 Å². The molecule has 2 amide bonds. The molecule has 0 atom stereocenters. The highest BCUT2D eigenvalue weighted by Gasteiger charge is 2.24. The molecular formula is C20H38IN5O3. The van der Waals surface area contributed by atoms with Gasteiger partial charge >= 0.3 is 6.09 Å². The number of aliphatic imine (C=N–C) groups is 1. The van der Waals surface area contributed by atoms with Crippen molar-refractivity contribution in [3.8, 4) is 0 Å². The van der Waals surface area contributed by atoms with Gasteiger partial charge in [0.1, 0.15) is 6.54 Å². The second-order valence-electron chi connectivity index (χ2n) is 7.94. The highest BCUT2D eigenvalue weighted by Crippen LogP contribution is 2.22. The summed E-state index contributed by atoms with van der Waals surface area (Å²) in [6.07, 6.45) is 7.90. The number of hydrogen-bond acceptors (Lipinski definition) is 4. The van der Waals surface area contributed by atoms with Crippen LogP contribution in [0.15, 0.2) is 4.99 Å². The maximum absolute atomic E-state index is 11.9. The van der Waals surface area contributed by atoms with Gasteiger partial charge in [0.2, 0.25) is 5.91 Å². The van der Waals surface area contributed by atoms with E-state index in [1.54, 1.807) is 23.9 Å². The van der Waals surface area contributed by atoms with Crippen molar-refractivity contribution in [2.24, 2.45) is 10.9 Å². The number of halogens is 1. The van der Waals surface area contributed by atoms with Gasteiger partial charge in [-0.25, -0.2) is 9.79 Å². The Kier molecular flexibility index (Phi) is 12.3. The number of hydrogen-bond donors (Lipinski definition) is 2. The van der Waals surface area contributed by atoms with Gasteiger partial charge < -0.3 is 25.2 Å². The second kappa shape index (κ2) is 13.9. The summed E-state index contributed by atoms with van der Waals surface area (Å²) in [7, 11) is 3.48. The van der Waals surface area contributed by atoms with Gasteiger partial charge in [-0.05, 0) is 38.5 Å². The van der Waals surface area contributed by atoms with Crippen molar-refractivity contribution in [1.82, 2.24) is 20.4 Å². The first kappa shape index (κ1) is 25.8. The Morgan fingerprint density at radius 2 is 1.76 bits per heavy atom. The number of amides is 2. The van der Waals surface area contributed by atoms with Crippen LogP contribution in [0.25, 0.3) is 0 Å². The van der Waals surface area contributed by atoms with E-state index in [0.717, 1.165) is 19.4 Å². The van der Waals surface area contributed by atoms with Crippen molar-refractivity contribution in [2.75, 3.05) is 46.9 Å². The lowest BCUT2D eigenvalue weighted by molar-refractivity contribution is -0.127. The zero-order valence-corrected chi connectivity index (χ0v) is 20.4. The van der Waals surface area contributed by atoms with Crippen molar-refractivity contribution in [3.05, 3.63) is 0 Å². The first-order valence-corrected chi connectivity index (χ1v) is 10.7. The van der Waals surface area contributed by atoms with Gasteiger partial charge in [-0.15, -0.1) is 24.0 Å². The zero-order valence-electron chi connectivity index (χ0n) is 18.1. The number of carbonyl (C=O) groups is 2. The largest absolute Gasteiger partial charge is 0.450 e. The van der Waals surface area contributed by atoms with Crippen LogP contribution in [0.2, 0.25) is 0 Å². The summed E-state index contributed by atoms with van der Waals surface area (Å²) in [5, 5.41) is 6.92. The number of guanidine groups is 1. The van der Waals surface area contributed by atoms with Crippen LogP contribution in [-0.4, -0.2) is 80.7 Å². The van der Waals surface area contributed by atoms with Crippen LogP contribution in [0, 0.1) is 5.92 Å². The van der Waals surface area contributed by atoms with Crippen LogP contribution in [-0.2, 0) is 9.53 Å². The molecule has 29 heavy (non-hydrogen) atoms. The maximum Gasteiger partial charge on any atom is 0.409 e. The van der Waals surface area contributed by atoms with Crippen LogP contribution in [0.3, 0.4) is 0 Å². The first-order valence-electron chi connectivity index (χ1n) is 10.7. The van der Waals surface area contributed by atoms with E-state index < -0.39 is 0 Å². The lowest BCUT2D eigenvalue weighted by atomic mass is 9.89. The van der Waals surface area contributed by atoms with Crippen molar-refractivity contribution in [1.29, 1.82) is 0 Å². The summed E-state index contributed by atoms with van der Waals surface area (Å²) in [4.78, 5) is 31.6. The zero-order chi connectivity index (χ0) is 20.4. The minimum absolute atomic E-state index is 0. The number of ether oxygens (including phenoxy) is 1. The molecule has 0 spiro atoms. The Morgan fingerprint density at radius 3 is 2.34 bits per heavy atom. The Labute approximate surface area is 192 Å². The Bertz CT molecular complexity index is 530. The highest BCUT2D eigenvalue weighted by molar-refractivity contribution is 14.0. The van der Waals surface area contributed by atoms with E-state index in [4.69, 9.17) is 4.74 Å². The third-order valence-electron chi connectivity index (χ3n) is 5.52. The summed E-state index contributed by atoms with van der Waals surface area (Å²) in [5.74, 6) is 1.36. The molecule has 1 saturated heterocycles. The van der Waals surface area contributed by atoms with Gasteiger partial charge in [-0.3, -0.25) is 4.79 Å². The summed E-state index contributed by atoms with van der Waals surface area (Å²) >= 11 is 0. The van der Waals surface area contributed by atoms with Gasteiger partial charge in [-0.1, -0.05) is 19.3 Å². The molecule has 2 N–H and O–H groups in total. The predicted octanol–water partition coefficient (Wildman–Crippen LogP) is 2.43. The smallest absolute Gasteiger partial charge is 0.409 e. The van der Waals surface area contributed by atoms with E-state index in [9.17, 15) is 9.59 Å². The predicted molar refractivity (Wildman–Crippen MR) is 126 cm³/mol. The standard InChI is InChI=1S/C20H37N5O3.HI/c1-4-28-20(27)25-12-10-17(11-13-25)23-19(22-15-18(26)24(2)3)21-14-16-8-6-5-7-9-16;/h16-17H,4-15H2,1-3H3,(H2,21,22,23);1H. The van der Waals surface area contributed by atoms with E-state index in [-0.39, 0.29) is 48.6 Å². The van der Waals surface area contributed by atoms with E-state index >= 15 is 0 Å². The number of nitrogens with zero attached hydrogens (tertiary/aromatic N) is 3. The monoisotopic (exact) mass is 523 g/mol. The van der Waals surface area contributed by atoms with Gasteiger partial charge in [0.25, 0.3) is 0 Å². The van der Waals surface area contributed by atoms with Crippen LogP contribution in [0.5, 0.6) is 0 Å². The second-order valence-corrected chi connectivity index (χ2v) is 7.94. The fourth-order valence-electron chi connectivity index (χ4n) is 3.69. The molecular weight excluding hydrogens is 485 g/mol. The minimum Gasteiger partial charge on any atom is -0.450 e. The quantitative estimate of drug-likeness (QED) is 0.318. The normalized spacial score (nSPS) is 18.6. The number of likely N-dealkylation sites (N-methyl/N-ethyl adjacent to an activating group) is 1. The van der Waals surface area contributed by atoms with Crippen LogP contribution in [0.1, 0.15) is 51.9 Å². The summed E-state index contributed by atoms with van der Waals surface area (Å²) in [6.45, 7) is 4.59. The average molecular weight is 523 g/mol. The van der Waals surface area contributed by atoms with Crippen LogP contribution >= 0.6 is 24.0 Å². The summed E-state index contributed by atoms with van der Waals surface area (Å²) in [6, 6.07) is 0.234. The van der Waals surface area contributed by atoms with Crippen molar-refractivity contribution in [3.63, 3.8) is 0 Å². The van der Waals surface area contributed by atoms with E-state index in [1.807, 2.05) is 6.92 Å². The molecule has 1 saturated carbocycles. The fourth-order valence-corrected chi connectivity index (χ4v) is 3.69. The molecule has 2 rings (SSSR count). The Hall–Kier alpha value is -1.26. The molecule has 0 aromatic heterocycles. The van der Waals surface area contributed by atoms with Crippen molar-refractivity contribution < 1.29 is 14.3 Å². The number of rotatable bonds is 6. The Balaban J connectivity index is 0.00000420. The van der Waals surface area contributed by atoms with Crippen molar-refractivity contribution in [2.45, 2.75) is 57.9 Å². The molecule has 0 radical (unpaired) electrons. The first-order chi connectivity index (χ1) is 13.5. The molecule has 9 heteroatoms. The lowest BCUT2D eigenvalue weighted by Crippen LogP contribution is -2.50. The lowest BCUT2D eigenvalue weighted by Gasteiger charge is -2.32. The van der Waals surface area contributed by atoms with E-state index in [1.165, 1.54) is 32.1 Å². The fraction of sp³-hybridized carbons (Fsp3) is 0.850. The van der Waals surface area contributed by atoms with Crippen molar-refractivity contribution >= 4 is 41.9 Å². The summed E-state index contributed by atoms with van der Waals surface area (Å²) in [5.41, 5.74) is 0. The van der Waals surface area contributed by atoms with Gasteiger partial charge in [-0.2, -0.15) is 0 Å². The molecule has 1 aliphatic heterocycles. The molecule has 2 aliphatic rings. The topological polar surface area (TPSA) is 86.3 Å². The maximum atomic E-state index is 11.9. The molecule has 0 aromatic rings. The molecule has 0 aromatic carbocycles. The molecule has 1 aliphatic carbocycles. The van der Waals surface area contributed by atoms with Gasteiger partial charge in [0.15, 0.2) is 5.96 Å². The van der Waals surface area contributed by atoms with E-state index in [0.29, 0.717) is 31.6 Å². The molecule has 0 bridgehead atoms. The number of piperidine rings is 1.